The van der Waals surface area contributed by atoms with Crippen molar-refractivity contribution in [3.63, 3.8) is 0 Å². The Hall–Kier alpha value is -3.13. The van der Waals surface area contributed by atoms with Crippen molar-refractivity contribution in [1.82, 2.24) is 9.78 Å². The fourth-order valence-corrected chi connectivity index (χ4v) is 4.14. The molecule has 1 aliphatic heterocycles. The highest BCUT2D eigenvalue weighted by molar-refractivity contribution is 8.00. The molecule has 0 fully saturated rings. The molecule has 0 unspecified atom stereocenters. The number of halogens is 1. The third-order valence-corrected chi connectivity index (χ3v) is 5.35. The summed E-state index contributed by atoms with van der Waals surface area (Å²) in [6, 6.07) is 15.1. The minimum atomic E-state index is -0.380. The number of carbonyl (C=O) groups excluding carboxylic acids is 2. The van der Waals surface area contributed by atoms with E-state index in [4.69, 9.17) is 0 Å². The van der Waals surface area contributed by atoms with Crippen LogP contribution in [0.2, 0.25) is 0 Å². The summed E-state index contributed by atoms with van der Waals surface area (Å²) in [5.74, 6) is -0.656. The molecule has 0 atom stereocenters. The maximum Gasteiger partial charge on any atom is 0.244 e. The van der Waals surface area contributed by atoms with E-state index in [9.17, 15) is 14.0 Å². The molecule has 1 aromatic heterocycles. The number of anilines is 2. The summed E-state index contributed by atoms with van der Waals surface area (Å²) < 4.78 is 14.8. The number of nitrogens with one attached hydrogen (secondary N) is 1. The average Bonchev–Trinajstić information content (AvgIpc) is 3.03. The molecule has 0 radical (unpaired) electrons. The van der Waals surface area contributed by atoms with Gasteiger partial charge in [-0.3, -0.25) is 14.5 Å². The number of aromatic nitrogens is 2. The smallest absolute Gasteiger partial charge is 0.244 e. The summed E-state index contributed by atoms with van der Waals surface area (Å²) in [7, 11) is 0. The number of thioether (sulfide) groups is 1. The lowest BCUT2D eigenvalue weighted by Gasteiger charge is -2.27. The van der Waals surface area contributed by atoms with Crippen molar-refractivity contribution >= 4 is 35.0 Å². The minimum Gasteiger partial charge on any atom is -0.325 e. The summed E-state index contributed by atoms with van der Waals surface area (Å²) in [5, 5.41) is 8.10. The first-order valence-corrected chi connectivity index (χ1v) is 9.65. The van der Waals surface area contributed by atoms with Crippen LogP contribution in [0.5, 0.6) is 0 Å². The molecule has 2 amide bonds. The Morgan fingerprint density at radius 3 is 2.61 bits per heavy atom. The molecule has 0 bridgehead atoms. The van der Waals surface area contributed by atoms with E-state index in [1.807, 2.05) is 37.3 Å². The van der Waals surface area contributed by atoms with Crippen LogP contribution in [0.15, 0.2) is 59.6 Å². The van der Waals surface area contributed by atoms with Crippen molar-refractivity contribution in [1.29, 1.82) is 0 Å². The van der Waals surface area contributed by atoms with Crippen LogP contribution >= 0.6 is 11.8 Å². The number of rotatable bonds is 4. The van der Waals surface area contributed by atoms with Crippen molar-refractivity contribution in [3.05, 3.63) is 66.1 Å². The van der Waals surface area contributed by atoms with Crippen molar-refractivity contribution in [2.24, 2.45) is 0 Å². The Morgan fingerprint density at radius 2 is 1.89 bits per heavy atom. The first-order valence-electron chi connectivity index (χ1n) is 8.66. The zero-order valence-electron chi connectivity index (χ0n) is 15.1. The van der Waals surface area contributed by atoms with Crippen LogP contribution in [0, 0.1) is 12.7 Å². The molecular formula is C20H17FN4O2S. The monoisotopic (exact) mass is 396 g/mol. The molecule has 0 saturated heterocycles. The van der Waals surface area contributed by atoms with Crippen molar-refractivity contribution in [2.45, 2.75) is 11.9 Å². The van der Waals surface area contributed by atoms with Gasteiger partial charge in [0, 0.05) is 5.69 Å². The van der Waals surface area contributed by atoms with Gasteiger partial charge in [0.05, 0.1) is 22.8 Å². The highest BCUT2D eigenvalue weighted by Gasteiger charge is 2.32. The van der Waals surface area contributed by atoms with Gasteiger partial charge in [0.1, 0.15) is 17.4 Å². The van der Waals surface area contributed by atoms with Crippen molar-refractivity contribution in [2.75, 3.05) is 22.5 Å². The molecule has 2 heterocycles. The largest absolute Gasteiger partial charge is 0.325 e. The van der Waals surface area contributed by atoms with Gasteiger partial charge in [0.25, 0.3) is 0 Å². The van der Waals surface area contributed by atoms with Gasteiger partial charge in [-0.25, -0.2) is 9.07 Å². The number of hydrogen-bond donors (Lipinski definition) is 1. The average molecular weight is 396 g/mol. The van der Waals surface area contributed by atoms with Gasteiger partial charge in [0.15, 0.2) is 0 Å². The molecule has 2 aromatic carbocycles. The van der Waals surface area contributed by atoms with Gasteiger partial charge < -0.3 is 5.32 Å². The fourth-order valence-electron chi connectivity index (χ4n) is 3.06. The van der Waals surface area contributed by atoms with Crippen LogP contribution in [0.4, 0.5) is 15.8 Å². The Balaban J connectivity index is 1.61. The second kappa shape index (κ2) is 7.47. The topological polar surface area (TPSA) is 67.2 Å². The SMILES string of the molecule is Cc1nn(-c2ccccc2)c2c1N(CC(=O)Nc1ccc(F)cc1)C(=O)CS2. The van der Waals surface area contributed by atoms with Gasteiger partial charge in [-0.1, -0.05) is 30.0 Å². The van der Waals surface area contributed by atoms with E-state index in [1.165, 1.54) is 40.9 Å². The second-order valence-corrected chi connectivity index (χ2v) is 7.27. The van der Waals surface area contributed by atoms with Crippen LogP contribution in [0.25, 0.3) is 5.69 Å². The first-order chi connectivity index (χ1) is 13.5. The molecule has 142 valence electrons. The number of para-hydroxylation sites is 1. The van der Waals surface area contributed by atoms with Gasteiger partial charge in [0.2, 0.25) is 11.8 Å². The molecule has 0 saturated carbocycles. The van der Waals surface area contributed by atoms with E-state index >= 15 is 0 Å². The third-order valence-electron chi connectivity index (χ3n) is 4.32. The molecule has 0 aliphatic carbocycles. The molecule has 1 N–H and O–H groups in total. The first kappa shape index (κ1) is 18.2. The van der Waals surface area contributed by atoms with E-state index in [0.29, 0.717) is 17.1 Å². The maximum atomic E-state index is 13.0. The van der Waals surface area contributed by atoms with Crippen LogP contribution in [0.3, 0.4) is 0 Å². The quantitative estimate of drug-likeness (QED) is 0.734. The number of nitrogens with zero attached hydrogens (tertiary/aromatic N) is 3. The lowest BCUT2D eigenvalue weighted by molar-refractivity contribution is -0.120. The highest BCUT2D eigenvalue weighted by Crippen LogP contribution is 2.39. The van der Waals surface area contributed by atoms with Gasteiger partial charge in [-0.05, 0) is 43.3 Å². The van der Waals surface area contributed by atoms with Crippen LogP contribution in [-0.2, 0) is 9.59 Å². The Morgan fingerprint density at radius 1 is 1.18 bits per heavy atom. The summed E-state index contributed by atoms with van der Waals surface area (Å²) >= 11 is 1.41. The number of fused-ring (bicyclic) bond motifs is 1. The summed E-state index contributed by atoms with van der Waals surface area (Å²) in [6.07, 6.45) is 0. The van der Waals surface area contributed by atoms with E-state index in [2.05, 4.69) is 10.4 Å². The van der Waals surface area contributed by atoms with E-state index < -0.39 is 0 Å². The zero-order chi connectivity index (χ0) is 19.7. The molecule has 1 aliphatic rings. The van der Waals surface area contributed by atoms with Crippen LogP contribution < -0.4 is 10.2 Å². The lowest BCUT2D eigenvalue weighted by Crippen LogP contribution is -2.41. The predicted molar refractivity (Wildman–Crippen MR) is 106 cm³/mol. The van der Waals surface area contributed by atoms with Gasteiger partial charge in [-0.2, -0.15) is 5.10 Å². The number of carbonyl (C=O) groups is 2. The zero-order valence-corrected chi connectivity index (χ0v) is 15.9. The minimum absolute atomic E-state index is 0.134. The standard InChI is InChI=1S/C20H17FN4O2S/c1-13-19-20(25(23-13)16-5-3-2-4-6-16)28-12-18(27)24(19)11-17(26)22-15-9-7-14(21)8-10-15/h2-10H,11-12H2,1H3,(H,22,26). The van der Waals surface area contributed by atoms with Crippen molar-refractivity contribution in [3.8, 4) is 5.69 Å². The fraction of sp³-hybridized carbons (Fsp3) is 0.150. The van der Waals surface area contributed by atoms with E-state index in [0.717, 1.165) is 10.7 Å². The molecular weight excluding hydrogens is 379 g/mol. The second-order valence-electron chi connectivity index (χ2n) is 6.31. The molecule has 6 nitrogen and oxygen atoms in total. The number of hydrogen-bond acceptors (Lipinski definition) is 4. The van der Waals surface area contributed by atoms with Gasteiger partial charge >= 0.3 is 0 Å². The maximum absolute atomic E-state index is 13.0. The summed E-state index contributed by atoms with van der Waals surface area (Å²) in [6.45, 7) is 1.69. The molecule has 4 rings (SSSR count). The Labute approximate surface area is 165 Å². The Bertz CT molecular complexity index is 1030. The summed E-state index contributed by atoms with van der Waals surface area (Å²) in [5.41, 5.74) is 2.69. The van der Waals surface area contributed by atoms with Crippen molar-refractivity contribution < 1.29 is 14.0 Å². The lowest BCUT2D eigenvalue weighted by atomic mass is 10.3. The summed E-state index contributed by atoms with van der Waals surface area (Å²) in [4.78, 5) is 26.5. The highest BCUT2D eigenvalue weighted by atomic mass is 32.2. The Kier molecular flexibility index (Phi) is 4.87. The molecule has 0 spiro atoms. The molecule has 28 heavy (non-hydrogen) atoms. The third kappa shape index (κ3) is 3.50. The van der Waals surface area contributed by atoms with E-state index in [-0.39, 0.29) is 29.9 Å². The number of aryl methyl sites for hydroxylation is 1. The van der Waals surface area contributed by atoms with Crippen LogP contribution in [-0.4, -0.2) is 33.9 Å². The molecule has 8 heteroatoms. The van der Waals surface area contributed by atoms with Gasteiger partial charge in [-0.15, -0.1) is 0 Å². The predicted octanol–water partition coefficient (Wildman–Crippen LogP) is 3.40. The molecule has 3 aromatic rings. The number of benzene rings is 2. The van der Waals surface area contributed by atoms with E-state index in [1.54, 1.807) is 4.68 Å². The van der Waals surface area contributed by atoms with Crippen LogP contribution in [0.1, 0.15) is 5.69 Å². The number of amides is 2. The normalized spacial score (nSPS) is 13.4.